The monoisotopic (exact) mass is 467 g/mol. The average Bonchev–Trinajstić information content (AvgIpc) is 3.58. The number of pyridine rings is 2. The van der Waals surface area contributed by atoms with Gasteiger partial charge in [0.25, 0.3) is 5.91 Å². The van der Waals surface area contributed by atoms with Gasteiger partial charge in [-0.05, 0) is 66.3 Å². The number of nitrogens with one attached hydrogen (secondary N) is 2. The molecule has 1 aromatic carbocycles. The number of H-pyrrole nitrogens is 1. The van der Waals surface area contributed by atoms with E-state index in [0.29, 0.717) is 18.3 Å². The summed E-state index contributed by atoms with van der Waals surface area (Å²) < 4.78 is 5.82. The number of aromatic amines is 1. The number of carbonyl (C=O) groups excluding carboxylic acids is 1. The molecule has 1 saturated heterocycles. The number of rotatable bonds is 4. The van der Waals surface area contributed by atoms with Crippen molar-refractivity contribution in [3.8, 4) is 22.3 Å². The average molecular weight is 468 g/mol. The van der Waals surface area contributed by atoms with Crippen LogP contribution in [0, 0.1) is 0 Å². The highest BCUT2D eigenvalue weighted by Gasteiger charge is 2.24. The smallest absolute Gasteiger partial charge is 0.271 e. The minimum atomic E-state index is -0.107. The Balaban J connectivity index is 1.41. The van der Waals surface area contributed by atoms with Crippen LogP contribution in [0.15, 0.2) is 48.9 Å². The van der Waals surface area contributed by atoms with Crippen LogP contribution in [0.1, 0.15) is 46.1 Å². The quantitative estimate of drug-likeness (QED) is 0.462. The van der Waals surface area contributed by atoms with Crippen LogP contribution in [0.4, 0.5) is 0 Å². The van der Waals surface area contributed by atoms with Crippen molar-refractivity contribution in [2.24, 2.45) is 0 Å². The third-order valence-electron chi connectivity index (χ3n) is 7.14. The van der Waals surface area contributed by atoms with Gasteiger partial charge in [-0.25, -0.2) is 4.98 Å². The van der Waals surface area contributed by atoms with Crippen LogP contribution in [-0.4, -0.2) is 53.0 Å². The zero-order chi connectivity index (χ0) is 23.9. The van der Waals surface area contributed by atoms with Gasteiger partial charge in [-0.2, -0.15) is 0 Å². The number of amides is 1. The van der Waals surface area contributed by atoms with Gasteiger partial charge in [0, 0.05) is 60.8 Å². The Labute approximate surface area is 204 Å². The van der Waals surface area contributed by atoms with Crippen LogP contribution in [0.5, 0.6) is 0 Å². The minimum Gasteiger partial charge on any atom is -0.376 e. The molecule has 1 amide bonds. The molecule has 0 spiro atoms. The lowest BCUT2D eigenvalue weighted by molar-refractivity contribution is 0.0822. The van der Waals surface area contributed by atoms with Crippen molar-refractivity contribution in [3.63, 3.8) is 0 Å². The summed E-state index contributed by atoms with van der Waals surface area (Å²) in [6.07, 6.45) is 8.98. The molecule has 0 bridgehead atoms. The van der Waals surface area contributed by atoms with Crippen molar-refractivity contribution in [2.75, 3.05) is 27.2 Å². The lowest BCUT2D eigenvalue weighted by atomic mass is 9.88. The van der Waals surface area contributed by atoms with Gasteiger partial charge in [-0.1, -0.05) is 12.1 Å². The van der Waals surface area contributed by atoms with Crippen LogP contribution < -0.4 is 5.32 Å². The molecule has 5 heterocycles. The fraction of sp³-hybridized carbons (Fsp3) is 0.321. The van der Waals surface area contributed by atoms with Crippen LogP contribution in [0.25, 0.3) is 33.3 Å². The van der Waals surface area contributed by atoms with E-state index < -0.39 is 0 Å². The van der Waals surface area contributed by atoms with Gasteiger partial charge in [0.2, 0.25) is 0 Å². The van der Waals surface area contributed by atoms with E-state index in [1.54, 1.807) is 26.4 Å². The summed E-state index contributed by atoms with van der Waals surface area (Å²) in [5.41, 5.74) is 9.64. The van der Waals surface area contributed by atoms with Crippen LogP contribution >= 0.6 is 0 Å². The third kappa shape index (κ3) is 4.00. The van der Waals surface area contributed by atoms with Crippen LogP contribution in [0.2, 0.25) is 0 Å². The fourth-order valence-electron chi connectivity index (χ4n) is 5.25. The van der Waals surface area contributed by atoms with Gasteiger partial charge < -0.3 is 19.9 Å². The zero-order valence-electron chi connectivity index (χ0n) is 20.1. The second kappa shape index (κ2) is 8.91. The van der Waals surface area contributed by atoms with E-state index in [1.807, 2.05) is 18.5 Å². The van der Waals surface area contributed by atoms with Gasteiger partial charge in [0.15, 0.2) is 0 Å². The summed E-state index contributed by atoms with van der Waals surface area (Å²) >= 11 is 0. The van der Waals surface area contributed by atoms with Crippen LogP contribution in [0.3, 0.4) is 0 Å². The molecular weight excluding hydrogens is 438 g/mol. The number of nitrogens with zero attached hydrogens (tertiary/aromatic N) is 3. The molecule has 178 valence electrons. The van der Waals surface area contributed by atoms with Gasteiger partial charge in [-0.3, -0.25) is 9.78 Å². The highest BCUT2D eigenvalue weighted by atomic mass is 16.5. The molecule has 1 atom stereocenters. The molecule has 7 nitrogen and oxygen atoms in total. The molecule has 2 N–H and O–H groups in total. The number of hydrogen-bond donors (Lipinski definition) is 2. The van der Waals surface area contributed by atoms with Crippen LogP contribution in [-0.2, 0) is 17.8 Å². The zero-order valence-corrected chi connectivity index (χ0v) is 20.1. The second-order valence-corrected chi connectivity index (χ2v) is 9.61. The first-order valence-corrected chi connectivity index (χ1v) is 12.2. The van der Waals surface area contributed by atoms with E-state index in [9.17, 15) is 4.79 Å². The SMILES string of the molecule is CN(C)C(=O)c1ccc(-c2c[nH]c3ncc(-c4cc5c(c(C6CCCN6)c4)COCC5)cc23)cn1. The van der Waals surface area contributed by atoms with Crippen molar-refractivity contribution in [1.82, 2.24) is 25.2 Å². The van der Waals surface area contributed by atoms with E-state index in [4.69, 9.17) is 9.72 Å². The summed E-state index contributed by atoms with van der Waals surface area (Å²) in [6, 6.07) is 11.0. The number of carbonyl (C=O) groups is 1. The molecule has 1 fully saturated rings. The maximum atomic E-state index is 12.2. The Morgan fingerprint density at radius 3 is 2.74 bits per heavy atom. The fourth-order valence-corrected chi connectivity index (χ4v) is 5.25. The Kier molecular flexibility index (Phi) is 5.59. The molecule has 6 rings (SSSR count). The van der Waals surface area contributed by atoms with Crippen molar-refractivity contribution >= 4 is 16.9 Å². The first-order chi connectivity index (χ1) is 17.1. The molecule has 0 radical (unpaired) electrons. The Bertz CT molecular complexity index is 1400. The molecule has 4 aromatic rings. The summed E-state index contributed by atoms with van der Waals surface area (Å²) in [7, 11) is 3.46. The standard InChI is InChI=1S/C28H29N5O2/c1-33(2)28(34)26-6-5-18(13-30-26)23-15-32-27-22(23)12-20(14-31-27)19-10-17-7-9-35-16-24(17)21(11-19)25-4-3-8-29-25/h5-6,10-15,25,29H,3-4,7-9,16H2,1-2H3,(H,31,32). The number of aromatic nitrogens is 3. The highest BCUT2D eigenvalue weighted by molar-refractivity contribution is 5.97. The van der Waals surface area contributed by atoms with Crippen molar-refractivity contribution in [1.29, 1.82) is 0 Å². The van der Waals surface area contributed by atoms with E-state index in [1.165, 1.54) is 33.6 Å². The molecular formula is C28H29N5O2. The molecule has 35 heavy (non-hydrogen) atoms. The topological polar surface area (TPSA) is 83.1 Å². The van der Waals surface area contributed by atoms with E-state index in [-0.39, 0.29) is 5.91 Å². The minimum absolute atomic E-state index is 0.107. The molecule has 1 unspecified atom stereocenters. The van der Waals surface area contributed by atoms with Crippen molar-refractivity contribution < 1.29 is 9.53 Å². The number of benzene rings is 1. The van der Waals surface area contributed by atoms with Gasteiger partial charge in [0.1, 0.15) is 11.3 Å². The van der Waals surface area contributed by atoms with Gasteiger partial charge >= 0.3 is 0 Å². The summed E-state index contributed by atoms with van der Waals surface area (Å²) in [5, 5.41) is 4.71. The Hall–Kier alpha value is -3.55. The van der Waals surface area contributed by atoms with Gasteiger partial charge in [0.05, 0.1) is 13.2 Å². The van der Waals surface area contributed by atoms with E-state index in [0.717, 1.165) is 53.7 Å². The van der Waals surface area contributed by atoms with Crippen molar-refractivity contribution in [3.05, 3.63) is 71.3 Å². The summed E-state index contributed by atoms with van der Waals surface area (Å²) in [4.78, 5) is 26.2. The molecule has 3 aromatic heterocycles. The molecule has 7 heteroatoms. The molecule has 2 aliphatic heterocycles. The normalized spacial score (nSPS) is 17.5. The largest absolute Gasteiger partial charge is 0.376 e. The predicted octanol–water partition coefficient (Wildman–Crippen LogP) is 4.49. The first-order valence-electron chi connectivity index (χ1n) is 12.2. The predicted molar refractivity (Wildman–Crippen MR) is 136 cm³/mol. The summed E-state index contributed by atoms with van der Waals surface area (Å²) in [6.45, 7) is 2.53. The van der Waals surface area contributed by atoms with Crippen molar-refractivity contribution in [2.45, 2.75) is 31.9 Å². The first kappa shape index (κ1) is 21.9. The lowest BCUT2D eigenvalue weighted by Crippen LogP contribution is -2.22. The van der Waals surface area contributed by atoms with Gasteiger partial charge in [-0.15, -0.1) is 0 Å². The molecule has 2 aliphatic rings. The van der Waals surface area contributed by atoms with E-state index in [2.05, 4.69) is 33.5 Å². The maximum absolute atomic E-state index is 12.2. The highest BCUT2D eigenvalue weighted by Crippen LogP contribution is 2.36. The molecule has 0 saturated carbocycles. The Morgan fingerprint density at radius 2 is 1.97 bits per heavy atom. The number of fused-ring (bicyclic) bond motifs is 2. The van der Waals surface area contributed by atoms with E-state index >= 15 is 0 Å². The second-order valence-electron chi connectivity index (χ2n) is 9.61. The Morgan fingerprint density at radius 1 is 1.09 bits per heavy atom. The summed E-state index contributed by atoms with van der Waals surface area (Å²) in [5.74, 6) is -0.107. The molecule has 0 aliphatic carbocycles. The lowest BCUT2D eigenvalue weighted by Gasteiger charge is -2.24. The number of ether oxygens (including phenoxy) is 1. The number of hydrogen-bond acceptors (Lipinski definition) is 5. The third-order valence-corrected chi connectivity index (χ3v) is 7.14. The maximum Gasteiger partial charge on any atom is 0.271 e.